The van der Waals surface area contributed by atoms with E-state index in [4.69, 9.17) is 11.6 Å². The average Bonchev–Trinajstić information content (AvgIpc) is 2.89. The van der Waals surface area contributed by atoms with Gasteiger partial charge in [0.1, 0.15) is 5.02 Å². The fourth-order valence-corrected chi connectivity index (χ4v) is 4.06. The quantitative estimate of drug-likeness (QED) is 0.397. The Hall–Kier alpha value is -2.29. The monoisotopic (exact) mass is 465 g/mol. The van der Waals surface area contributed by atoms with Crippen LogP contribution in [0.4, 0.5) is 5.69 Å². The second-order valence-electron chi connectivity index (χ2n) is 5.70. The van der Waals surface area contributed by atoms with Crippen LogP contribution < -0.4 is 4.80 Å². The highest BCUT2D eigenvalue weighted by Crippen LogP contribution is 2.27. The molecule has 1 aromatic heterocycles. The standard InChI is InChI=1S/C18H13BrClN3O3S/c1-10-16(11-3-6-13(19)7-4-11)22(2)18(27-10)21-17(24)12-5-8-14(20)15(9-12)23(25)26/h3-9H,1-2H3. The number of thiazole rings is 1. The Kier molecular flexibility index (Phi) is 5.59. The number of halogens is 2. The Morgan fingerprint density at radius 2 is 1.93 bits per heavy atom. The van der Waals surface area contributed by atoms with Gasteiger partial charge in [-0.3, -0.25) is 14.9 Å². The van der Waals surface area contributed by atoms with E-state index in [-0.39, 0.29) is 16.3 Å². The minimum absolute atomic E-state index is 0.0217. The maximum atomic E-state index is 12.5. The van der Waals surface area contributed by atoms with Gasteiger partial charge in [-0.1, -0.05) is 39.7 Å². The summed E-state index contributed by atoms with van der Waals surface area (Å²) in [4.78, 5) is 28.6. The van der Waals surface area contributed by atoms with Crippen LogP contribution in [-0.4, -0.2) is 15.4 Å². The highest BCUT2D eigenvalue weighted by Gasteiger charge is 2.17. The summed E-state index contributed by atoms with van der Waals surface area (Å²) in [6.07, 6.45) is 0. The molecule has 0 fully saturated rings. The molecular weight excluding hydrogens is 454 g/mol. The van der Waals surface area contributed by atoms with E-state index in [1.165, 1.54) is 23.5 Å². The van der Waals surface area contributed by atoms with Crippen LogP contribution in [0.2, 0.25) is 5.02 Å². The van der Waals surface area contributed by atoms with E-state index in [1.807, 2.05) is 42.8 Å². The van der Waals surface area contributed by atoms with Gasteiger partial charge in [-0.05, 0) is 36.8 Å². The summed E-state index contributed by atoms with van der Waals surface area (Å²) in [5.74, 6) is -0.561. The number of hydrogen-bond donors (Lipinski definition) is 0. The van der Waals surface area contributed by atoms with E-state index in [9.17, 15) is 14.9 Å². The number of amides is 1. The van der Waals surface area contributed by atoms with Crippen molar-refractivity contribution >= 4 is 50.5 Å². The third-order valence-corrected chi connectivity index (χ3v) is 5.80. The van der Waals surface area contributed by atoms with Crippen LogP contribution in [0, 0.1) is 17.0 Å². The molecule has 0 saturated carbocycles. The topological polar surface area (TPSA) is 77.5 Å². The summed E-state index contributed by atoms with van der Waals surface area (Å²) in [6.45, 7) is 1.96. The molecule has 0 unspecified atom stereocenters. The molecule has 3 rings (SSSR count). The van der Waals surface area contributed by atoms with Gasteiger partial charge in [0.2, 0.25) is 0 Å². The van der Waals surface area contributed by atoms with Gasteiger partial charge in [0.15, 0.2) is 4.80 Å². The molecule has 0 saturated heterocycles. The van der Waals surface area contributed by atoms with E-state index >= 15 is 0 Å². The Morgan fingerprint density at radius 3 is 2.56 bits per heavy atom. The van der Waals surface area contributed by atoms with E-state index in [0.29, 0.717) is 4.80 Å². The largest absolute Gasteiger partial charge is 0.319 e. The second-order valence-corrected chi connectivity index (χ2v) is 8.20. The minimum atomic E-state index is -0.625. The lowest BCUT2D eigenvalue weighted by Gasteiger charge is -2.05. The highest BCUT2D eigenvalue weighted by atomic mass is 79.9. The van der Waals surface area contributed by atoms with Gasteiger partial charge in [0.25, 0.3) is 11.6 Å². The molecule has 0 spiro atoms. The summed E-state index contributed by atoms with van der Waals surface area (Å²) in [7, 11) is 1.83. The van der Waals surface area contributed by atoms with Crippen molar-refractivity contribution in [1.82, 2.24) is 4.57 Å². The van der Waals surface area contributed by atoms with Gasteiger partial charge >= 0.3 is 0 Å². The maximum absolute atomic E-state index is 12.5. The van der Waals surface area contributed by atoms with Crippen molar-refractivity contribution in [1.29, 1.82) is 0 Å². The lowest BCUT2D eigenvalue weighted by Crippen LogP contribution is -2.14. The Labute approximate surface area is 172 Å². The highest BCUT2D eigenvalue weighted by molar-refractivity contribution is 9.10. The third kappa shape index (κ3) is 4.02. The molecule has 0 atom stereocenters. The van der Waals surface area contributed by atoms with Crippen molar-refractivity contribution in [2.45, 2.75) is 6.92 Å². The van der Waals surface area contributed by atoms with Crippen LogP contribution in [0.5, 0.6) is 0 Å². The van der Waals surface area contributed by atoms with E-state index in [2.05, 4.69) is 20.9 Å². The number of nitrogens with zero attached hydrogens (tertiary/aromatic N) is 3. The first-order valence-electron chi connectivity index (χ1n) is 7.73. The minimum Gasteiger partial charge on any atom is -0.319 e. The number of rotatable bonds is 3. The number of hydrogen-bond acceptors (Lipinski definition) is 4. The van der Waals surface area contributed by atoms with Crippen molar-refractivity contribution in [2.75, 3.05) is 0 Å². The molecule has 0 N–H and O–H groups in total. The van der Waals surface area contributed by atoms with Crippen molar-refractivity contribution in [3.8, 4) is 11.3 Å². The van der Waals surface area contributed by atoms with Crippen LogP contribution in [0.3, 0.4) is 0 Å². The molecule has 138 valence electrons. The van der Waals surface area contributed by atoms with Crippen LogP contribution in [-0.2, 0) is 7.05 Å². The van der Waals surface area contributed by atoms with E-state index in [1.54, 1.807) is 0 Å². The molecule has 1 amide bonds. The number of aromatic nitrogens is 1. The third-order valence-electron chi connectivity index (χ3n) is 3.90. The number of carbonyl (C=O) groups excluding carboxylic acids is 1. The van der Waals surface area contributed by atoms with Crippen molar-refractivity contribution in [2.24, 2.45) is 12.0 Å². The number of nitro groups is 1. The van der Waals surface area contributed by atoms with Crippen molar-refractivity contribution < 1.29 is 9.72 Å². The first-order chi connectivity index (χ1) is 12.8. The van der Waals surface area contributed by atoms with Crippen LogP contribution in [0.25, 0.3) is 11.3 Å². The van der Waals surface area contributed by atoms with Gasteiger partial charge in [0, 0.05) is 28.0 Å². The molecule has 0 aliphatic carbocycles. The molecule has 1 heterocycles. The van der Waals surface area contributed by atoms with Crippen molar-refractivity contribution in [3.63, 3.8) is 0 Å². The lowest BCUT2D eigenvalue weighted by atomic mass is 10.1. The van der Waals surface area contributed by atoms with Gasteiger partial charge < -0.3 is 4.57 Å². The van der Waals surface area contributed by atoms with Crippen LogP contribution in [0.15, 0.2) is 51.9 Å². The Morgan fingerprint density at radius 1 is 1.26 bits per heavy atom. The number of aryl methyl sites for hydroxylation is 1. The summed E-state index contributed by atoms with van der Waals surface area (Å²) in [5.41, 5.74) is 1.76. The van der Waals surface area contributed by atoms with Gasteiger partial charge in [0.05, 0.1) is 10.6 Å². The second kappa shape index (κ2) is 7.75. The molecule has 3 aromatic rings. The fourth-order valence-electron chi connectivity index (χ4n) is 2.63. The zero-order valence-electron chi connectivity index (χ0n) is 14.3. The molecular formula is C18H13BrClN3O3S. The fraction of sp³-hybridized carbons (Fsp3) is 0.111. The first-order valence-corrected chi connectivity index (χ1v) is 9.72. The summed E-state index contributed by atoms with van der Waals surface area (Å²) < 4.78 is 2.82. The molecule has 6 nitrogen and oxygen atoms in total. The lowest BCUT2D eigenvalue weighted by molar-refractivity contribution is -0.384. The van der Waals surface area contributed by atoms with Gasteiger partial charge in [-0.25, -0.2) is 0 Å². The number of benzene rings is 2. The van der Waals surface area contributed by atoms with Crippen molar-refractivity contribution in [3.05, 3.63) is 77.3 Å². The van der Waals surface area contributed by atoms with E-state index < -0.39 is 10.8 Å². The smallest absolute Gasteiger partial charge is 0.288 e. The maximum Gasteiger partial charge on any atom is 0.288 e. The normalized spacial score (nSPS) is 11.6. The molecule has 0 radical (unpaired) electrons. The number of carbonyl (C=O) groups is 1. The molecule has 0 aliphatic heterocycles. The van der Waals surface area contributed by atoms with Gasteiger partial charge in [-0.2, -0.15) is 4.99 Å². The summed E-state index contributed by atoms with van der Waals surface area (Å²) in [5, 5.41) is 11.0. The molecule has 0 bridgehead atoms. The van der Waals surface area contributed by atoms with Crippen LogP contribution in [0.1, 0.15) is 15.2 Å². The molecule has 27 heavy (non-hydrogen) atoms. The molecule has 2 aromatic carbocycles. The predicted octanol–water partition coefficient (Wildman–Crippen LogP) is 5.13. The van der Waals surface area contributed by atoms with Crippen LogP contribution >= 0.6 is 38.9 Å². The number of nitro benzene ring substituents is 1. The summed E-state index contributed by atoms with van der Waals surface area (Å²) >= 11 is 10.6. The van der Waals surface area contributed by atoms with Gasteiger partial charge in [-0.15, -0.1) is 11.3 Å². The zero-order chi connectivity index (χ0) is 19.7. The average molecular weight is 467 g/mol. The molecule has 0 aliphatic rings. The summed E-state index contributed by atoms with van der Waals surface area (Å²) in [6, 6.07) is 11.7. The zero-order valence-corrected chi connectivity index (χ0v) is 17.4. The predicted molar refractivity (Wildman–Crippen MR) is 109 cm³/mol. The Balaban J connectivity index is 2.04. The SMILES string of the molecule is Cc1sc(=NC(=O)c2ccc(Cl)c([N+](=O)[O-])c2)n(C)c1-c1ccc(Br)cc1. The molecule has 9 heteroatoms. The van der Waals surface area contributed by atoms with E-state index in [0.717, 1.165) is 26.7 Å². The first kappa shape index (κ1) is 19.5. The Bertz CT molecular complexity index is 1120.